The first-order chi connectivity index (χ1) is 12.9. The van der Waals surface area contributed by atoms with Crippen molar-refractivity contribution in [1.82, 2.24) is 5.32 Å². The van der Waals surface area contributed by atoms with Crippen molar-refractivity contribution in [3.05, 3.63) is 75.3 Å². The minimum atomic E-state index is -0.973. The Hall–Kier alpha value is -3.75. The van der Waals surface area contributed by atoms with Crippen LogP contribution in [-0.4, -0.2) is 36.5 Å². The Morgan fingerprint density at radius 3 is 2.26 bits per heavy atom. The van der Waals surface area contributed by atoms with Gasteiger partial charge in [0.25, 0.3) is 11.6 Å². The molecule has 0 radical (unpaired) electrons. The van der Waals surface area contributed by atoms with Gasteiger partial charge in [-0.25, -0.2) is 9.59 Å². The number of non-ortho nitro benzene ring substituents is 1. The van der Waals surface area contributed by atoms with Crippen molar-refractivity contribution in [2.24, 2.45) is 0 Å². The van der Waals surface area contributed by atoms with Crippen LogP contribution >= 0.6 is 0 Å². The van der Waals surface area contributed by atoms with Crippen LogP contribution < -0.4 is 5.32 Å². The fourth-order valence-corrected chi connectivity index (χ4v) is 2.13. The minimum Gasteiger partial charge on any atom is -0.465 e. The molecular formula is C18H16N2O7. The zero-order valence-electron chi connectivity index (χ0n) is 14.3. The van der Waals surface area contributed by atoms with Crippen molar-refractivity contribution in [3.63, 3.8) is 0 Å². The van der Waals surface area contributed by atoms with Gasteiger partial charge in [-0.2, -0.15) is 0 Å². The molecule has 0 fully saturated rings. The number of hydrogen-bond acceptors (Lipinski definition) is 7. The molecule has 1 amide bonds. The van der Waals surface area contributed by atoms with Crippen molar-refractivity contribution in [2.45, 2.75) is 6.54 Å². The molecule has 0 atom stereocenters. The summed E-state index contributed by atoms with van der Waals surface area (Å²) in [5.41, 5.74) is -0.00963. The molecule has 2 rings (SSSR count). The molecular weight excluding hydrogens is 356 g/mol. The average molecular weight is 372 g/mol. The molecule has 1 N–H and O–H groups in total. The molecule has 2 aromatic rings. The number of benzene rings is 2. The summed E-state index contributed by atoms with van der Waals surface area (Å²) in [6.45, 7) is -0.303. The normalized spacial score (nSPS) is 9.96. The predicted molar refractivity (Wildman–Crippen MR) is 93.0 cm³/mol. The van der Waals surface area contributed by atoms with Gasteiger partial charge in [0.1, 0.15) is 0 Å². The highest BCUT2D eigenvalue weighted by molar-refractivity contribution is 5.97. The summed E-state index contributed by atoms with van der Waals surface area (Å²) in [4.78, 5) is 45.7. The minimum absolute atomic E-state index is 0.174. The van der Waals surface area contributed by atoms with Gasteiger partial charge in [0.2, 0.25) is 0 Å². The second-order valence-corrected chi connectivity index (χ2v) is 5.36. The highest BCUT2D eigenvalue weighted by Crippen LogP contribution is 2.19. The van der Waals surface area contributed by atoms with Crippen LogP contribution in [0.25, 0.3) is 0 Å². The standard InChI is InChI=1S/C18H16N2O7/c1-26-17(22)13-7-14(9-15(8-13)20(24)25)18(23)27-11-16(21)19-10-12-5-3-2-4-6-12/h2-9H,10-11H2,1H3,(H,19,21). The zero-order valence-corrected chi connectivity index (χ0v) is 14.3. The van der Waals surface area contributed by atoms with Crippen LogP contribution in [0.15, 0.2) is 48.5 Å². The number of methoxy groups -OCH3 is 1. The number of ether oxygens (including phenoxy) is 2. The molecule has 0 saturated heterocycles. The molecule has 9 heteroatoms. The maximum Gasteiger partial charge on any atom is 0.338 e. The van der Waals surface area contributed by atoms with Crippen molar-refractivity contribution in [1.29, 1.82) is 0 Å². The highest BCUT2D eigenvalue weighted by Gasteiger charge is 2.19. The number of nitrogens with zero attached hydrogens (tertiary/aromatic N) is 1. The van der Waals surface area contributed by atoms with Gasteiger partial charge >= 0.3 is 11.9 Å². The summed E-state index contributed by atoms with van der Waals surface area (Å²) in [6, 6.07) is 12.2. The largest absolute Gasteiger partial charge is 0.465 e. The Labute approximate surface area is 154 Å². The number of carbonyl (C=O) groups excluding carboxylic acids is 3. The molecule has 0 spiro atoms. The highest BCUT2D eigenvalue weighted by atomic mass is 16.6. The second kappa shape index (κ2) is 9.09. The Balaban J connectivity index is 2.00. The summed E-state index contributed by atoms with van der Waals surface area (Å²) in [7, 11) is 1.11. The lowest BCUT2D eigenvalue weighted by molar-refractivity contribution is -0.384. The zero-order chi connectivity index (χ0) is 19.8. The Bertz CT molecular complexity index is 865. The molecule has 2 aromatic carbocycles. The smallest absolute Gasteiger partial charge is 0.338 e. The van der Waals surface area contributed by atoms with Gasteiger partial charge < -0.3 is 14.8 Å². The van der Waals surface area contributed by atoms with Gasteiger partial charge in [0, 0.05) is 18.7 Å². The lowest BCUT2D eigenvalue weighted by Gasteiger charge is -2.08. The molecule has 0 aromatic heterocycles. The van der Waals surface area contributed by atoms with Crippen molar-refractivity contribution < 1.29 is 28.8 Å². The average Bonchev–Trinajstić information content (AvgIpc) is 2.70. The van der Waals surface area contributed by atoms with E-state index < -0.39 is 35.1 Å². The van der Waals surface area contributed by atoms with Crippen molar-refractivity contribution in [2.75, 3.05) is 13.7 Å². The van der Waals surface area contributed by atoms with E-state index in [-0.39, 0.29) is 17.7 Å². The fourth-order valence-electron chi connectivity index (χ4n) is 2.13. The van der Waals surface area contributed by atoms with E-state index in [1.807, 2.05) is 30.3 Å². The predicted octanol–water partition coefficient (Wildman–Crippen LogP) is 1.85. The van der Waals surface area contributed by atoms with Crippen LogP contribution in [0.3, 0.4) is 0 Å². The first kappa shape index (κ1) is 19.6. The van der Waals surface area contributed by atoms with Gasteiger partial charge in [0.05, 0.1) is 23.2 Å². The molecule has 140 valence electrons. The van der Waals surface area contributed by atoms with Crippen molar-refractivity contribution in [3.8, 4) is 0 Å². The fraction of sp³-hybridized carbons (Fsp3) is 0.167. The molecule has 0 aliphatic carbocycles. The molecule has 0 bridgehead atoms. The first-order valence-corrected chi connectivity index (χ1v) is 7.76. The molecule has 0 heterocycles. The van der Waals surface area contributed by atoms with Gasteiger partial charge in [-0.3, -0.25) is 14.9 Å². The number of carbonyl (C=O) groups is 3. The number of rotatable bonds is 7. The third-order valence-electron chi connectivity index (χ3n) is 3.45. The maximum atomic E-state index is 12.1. The van der Waals surface area contributed by atoms with Gasteiger partial charge in [-0.05, 0) is 11.6 Å². The van der Waals surface area contributed by atoms with E-state index in [0.717, 1.165) is 30.9 Å². The number of nitrogens with one attached hydrogen (secondary N) is 1. The van der Waals surface area contributed by atoms with Crippen molar-refractivity contribution >= 4 is 23.5 Å². The quantitative estimate of drug-likeness (QED) is 0.447. The van der Waals surface area contributed by atoms with Gasteiger partial charge in [0.15, 0.2) is 6.61 Å². The molecule has 27 heavy (non-hydrogen) atoms. The van der Waals surface area contributed by atoms with Crippen LogP contribution in [0.5, 0.6) is 0 Å². The lowest BCUT2D eigenvalue weighted by atomic mass is 10.1. The van der Waals surface area contributed by atoms with E-state index >= 15 is 0 Å². The summed E-state index contributed by atoms with van der Waals surface area (Å²) in [5, 5.41) is 13.5. The topological polar surface area (TPSA) is 125 Å². The molecule has 0 aliphatic rings. The third-order valence-corrected chi connectivity index (χ3v) is 3.45. The van der Waals surface area contributed by atoms with E-state index in [0.29, 0.717) is 0 Å². The Morgan fingerprint density at radius 2 is 1.67 bits per heavy atom. The summed E-state index contributed by atoms with van der Waals surface area (Å²) in [6.07, 6.45) is 0. The van der Waals surface area contributed by atoms with E-state index in [4.69, 9.17) is 4.74 Å². The van der Waals surface area contributed by atoms with Crippen LogP contribution in [0.1, 0.15) is 26.3 Å². The molecule has 0 aliphatic heterocycles. The van der Waals surface area contributed by atoms with Crippen LogP contribution in [-0.2, 0) is 20.8 Å². The van der Waals surface area contributed by atoms with E-state index in [9.17, 15) is 24.5 Å². The second-order valence-electron chi connectivity index (χ2n) is 5.36. The van der Waals surface area contributed by atoms with Crippen LogP contribution in [0, 0.1) is 10.1 Å². The Morgan fingerprint density at radius 1 is 1.04 bits per heavy atom. The summed E-state index contributed by atoms with van der Waals surface area (Å²) < 4.78 is 9.36. The number of hydrogen-bond donors (Lipinski definition) is 1. The molecule has 9 nitrogen and oxygen atoms in total. The Kier molecular flexibility index (Phi) is 6.59. The summed E-state index contributed by atoms with van der Waals surface area (Å²) >= 11 is 0. The number of nitro groups is 1. The molecule has 0 unspecified atom stereocenters. The van der Waals surface area contributed by atoms with Crippen LogP contribution in [0.2, 0.25) is 0 Å². The van der Waals surface area contributed by atoms with Gasteiger partial charge in [-0.1, -0.05) is 30.3 Å². The number of esters is 2. The summed E-state index contributed by atoms with van der Waals surface area (Å²) in [5.74, 6) is -2.35. The van der Waals surface area contributed by atoms with E-state index in [2.05, 4.69) is 10.1 Å². The number of amides is 1. The van der Waals surface area contributed by atoms with E-state index in [1.54, 1.807) is 0 Å². The molecule has 0 saturated carbocycles. The lowest BCUT2D eigenvalue weighted by Crippen LogP contribution is -2.28. The maximum absolute atomic E-state index is 12.1. The monoisotopic (exact) mass is 372 g/mol. The van der Waals surface area contributed by atoms with E-state index in [1.165, 1.54) is 0 Å². The first-order valence-electron chi connectivity index (χ1n) is 7.76. The van der Waals surface area contributed by atoms with Gasteiger partial charge in [-0.15, -0.1) is 0 Å². The third kappa shape index (κ3) is 5.63. The number of nitro benzene ring substituents is 1. The van der Waals surface area contributed by atoms with Crippen LogP contribution in [0.4, 0.5) is 5.69 Å². The SMILES string of the molecule is COC(=O)c1cc(C(=O)OCC(=O)NCc2ccccc2)cc([N+](=O)[O-])c1.